The molecule has 17 heavy (non-hydrogen) atoms. The number of rotatable bonds is 3. The maximum Gasteiger partial charge on any atom is 0.451 e. The average Bonchev–Trinajstić information content (AvgIpc) is 2.94. The Morgan fingerprint density at radius 3 is 2.35 bits per heavy atom. The summed E-state index contributed by atoms with van der Waals surface area (Å²) in [5, 5.41) is 2.93. The van der Waals surface area contributed by atoms with E-state index in [2.05, 4.69) is 20.7 Å². The third-order valence-electron chi connectivity index (χ3n) is 2.56. The molecule has 0 amide bonds. The van der Waals surface area contributed by atoms with Gasteiger partial charge in [0.25, 0.3) is 0 Å². The summed E-state index contributed by atoms with van der Waals surface area (Å²) in [5.74, 6) is 3.92. The van der Waals surface area contributed by atoms with Gasteiger partial charge in [-0.25, -0.2) is 15.8 Å². The van der Waals surface area contributed by atoms with Gasteiger partial charge in [0.15, 0.2) is 0 Å². The Bertz CT molecular complexity index is 427. The fraction of sp³-hybridized carbons (Fsp3) is 0.556. The van der Waals surface area contributed by atoms with E-state index in [0.717, 1.165) is 12.8 Å². The molecule has 0 spiro atoms. The Hall–Kier alpha value is -1.57. The lowest BCUT2D eigenvalue weighted by Gasteiger charge is -2.15. The van der Waals surface area contributed by atoms with E-state index < -0.39 is 12.0 Å². The Kier molecular flexibility index (Phi) is 2.61. The zero-order valence-corrected chi connectivity index (χ0v) is 9.10. The summed E-state index contributed by atoms with van der Waals surface area (Å²) in [6, 6.07) is 1.35. The van der Waals surface area contributed by atoms with Gasteiger partial charge in [-0.05, 0) is 19.8 Å². The van der Waals surface area contributed by atoms with Crippen molar-refractivity contribution in [1.82, 2.24) is 9.97 Å². The number of halogens is 3. The van der Waals surface area contributed by atoms with Gasteiger partial charge >= 0.3 is 6.18 Å². The van der Waals surface area contributed by atoms with Gasteiger partial charge in [-0.1, -0.05) is 0 Å². The number of nitrogen functional groups attached to an aromatic ring is 1. The molecule has 1 aromatic rings. The van der Waals surface area contributed by atoms with Gasteiger partial charge in [0.2, 0.25) is 5.82 Å². The van der Waals surface area contributed by atoms with E-state index >= 15 is 0 Å². The van der Waals surface area contributed by atoms with Crippen molar-refractivity contribution < 1.29 is 13.2 Å². The molecule has 4 N–H and O–H groups in total. The quantitative estimate of drug-likeness (QED) is 0.560. The maximum absolute atomic E-state index is 12.5. The Morgan fingerprint density at radius 1 is 1.29 bits per heavy atom. The van der Waals surface area contributed by atoms with Crippen molar-refractivity contribution in [3.8, 4) is 0 Å². The first-order chi connectivity index (χ1) is 7.82. The van der Waals surface area contributed by atoms with Crippen LogP contribution >= 0.6 is 0 Å². The zero-order valence-electron chi connectivity index (χ0n) is 9.10. The second kappa shape index (κ2) is 3.73. The van der Waals surface area contributed by atoms with Gasteiger partial charge in [-0.2, -0.15) is 13.2 Å². The van der Waals surface area contributed by atoms with Crippen molar-refractivity contribution in [2.45, 2.75) is 31.5 Å². The van der Waals surface area contributed by atoms with Crippen molar-refractivity contribution in [3.63, 3.8) is 0 Å². The Labute approximate surface area is 95.6 Å². The molecule has 0 bridgehead atoms. The number of nitrogens with one attached hydrogen (secondary N) is 2. The lowest BCUT2D eigenvalue weighted by atomic mass is 10.3. The third-order valence-corrected chi connectivity index (χ3v) is 2.56. The Balaban J connectivity index is 2.31. The molecule has 8 heteroatoms. The molecular weight excluding hydrogens is 235 g/mol. The highest BCUT2D eigenvalue weighted by Gasteiger charge is 2.39. The molecule has 0 radical (unpaired) electrons. The summed E-state index contributed by atoms with van der Waals surface area (Å²) in [5.41, 5.74) is 1.93. The van der Waals surface area contributed by atoms with Crippen LogP contribution in [0.15, 0.2) is 6.07 Å². The summed E-state index contributed by atoms with van der Waals surface area (Å²) < 4.78 is 37.5. The summed E-state index contributed by atoms with van der Waals surface area (Å²) in [7, 11) is 0. The van der Waals surface area contributed by atoms with Crippen LogP contribution in [0.25, 0.3) is 0 Å². The molecule has 0 aliphatic heterocycles. The largest absolute Gasteiger partial charge is 0.451 e. The molecule has 5 nitrogen and oxygen atoms in total. The molecule has 94 valence electrons. The lowest BCUT2D eigenvalue weighted by molar-refractivity contribution is -0.144. The SMILES string of the molecule is CC1(Nc2cc(NN)nc(C(F)(F)F)n2)CC1. The molecule has 0 unspecified atom stereocenters. The Morgan fingerprint density at radius 2 is 1.88 bits per heavy atom. The van der Waals surface area contributed by atoms with Gasteiger partial charge in [-0.15, -0.1) is 0 Å². The third kappa shape index (κ3) is 2.76. The van der Waals surface area contributed by atoms with Crippen LogP contribution in [0.4, 0.5) is 24.8 Å². The van der Waals surface area contributed by atoms with Crippen LogP contribution in [0.2, 0.25) is 0 Å². The number of aromatic nitrogens is 2. The normalized spacial score (nSPS) is 17.7. The monoisotopic (exact) mass is 247 g/mol. The standard InChI is InChI=1S/C9H12F3N5/c1-8(2-3-8)16-5-4-6(17-13)15-7(14-5)9(10,11)12/h4H,2-3,13H2,1H3,(H2,14,15,16,17). The van der Waals surface area contributed by atoms with Crippen LogP contribution in [-0.4, -0.2) is 15.5 Å². The highest BCUT2D eigenvalue weighted by Crippen LogP contribution is 2.38. The summed E-state index contributed by atoms with van der Waals surface area (Å²) in [6.45, 7) is 1.91. The van der Waals surface area contributed by atoms with Gasteiger partial charge in [0, 0.05) is 11.6 Å². The minimum atomic E-state index is -4.59. The highest BCUT2D eigenvalue weighted by molar-refractivity contribution is 5.49. The number of hydrogen-bond donors (Lipinski definition) is 3. The van der Waals surface area contributed by atoms with Crippen molar-refractivity contribution in [2.75, 3.05) is 10.7 Å². The number of hydrogen-bond acceptors (Lipinski definition) is 5. The van der Waals surface area contributed by atoms with Crippen molar-refractivity contribution in [1.29, 1.82) is 0 Å². The van der Waals surface area contributed by atoms with Crippen molar-refractivity contribution >= 4 is 11.6 Å². The molecule has 1 aromatic heterocycles. The predicted octanol–water partition coefficient (Wildman–Crippen LogP) is 1.75. The zero-order chi connectivity index (χ0) is 12.7. The topological polar surface area (TPSA) is 75.9 Å². The molecule has 0 aromatic carbocycles. The maximum atomic E-state index is 12.5. The molecule has 1 aliphatic carbocycles. The first-order valence-corrected chi connectivity index (χ1v) is 5.03. The highest BCUT2D eigenvalue weighted by atomic mass is 19.4. The fourth-order valence-electron chi connectivity index (χ4n) is 1.33. The van der Waals surface area contributed by atoms with Crippen LogP contribution < -0.4 is 16.6 Å². The number of nitrogens with zero attached hydrogens (tertiary/aromatic N) is 2. The predicted molar refractivity (Wildman–Crippen MR) is 56.1 cm³/mol. The van der Waals surface area contributed by atoms with Gasteiger partial charge in [0.1, 0.15) is 11.6 Å². The van der Waals surface area contributed by atoms with Gasteiger partial charge in [0.05, 0.1) is 0 Å². The molecule has 2 rings (SSSR count). The van der Waals surface area contributed by atoms with Crippen LogP contribution in [-0.2, 0) is 6.18 Å². The van der Waals surface area contributed by atoms with Crippen LogP contribution in [0, 0.1) is 0 Å². The number of alkyl halides is 3. The fourth-order valence-corrected chi connectivity index (χ4v) is 1.33. The average molecular weight is 247 g/mol. The lowest BCUT2D eigenvalue weighted by Crippen LogP contribution is -2.21. The van der Waals surface area contributed by atoms with Gasteiger partial charge < -0.3 is 10.7 Å². The molecule has 1 aliphatic rings. The molecule has 0 atom stereocenters. The van der Waals surface area contributed by atoms with Crippen molar-refractivity contribution in [3.05, 3.63) is 11.9 Å². The van der Waals surface area contributed by atoms with Crippen LogP contribution in [0.5, 0.6) is 0 Å². The molecule has 1 heterocycles. The van der Waals surface area contributed by atoms with Crippen molar-refractivity contribution in [2.24, 2.45) is 5.84 Å². The van der Waals surface area contributed by atoms with Crippen LogP contribution in [0.1, 0.15) is 25.6 Å². The van der Waals surface area contributed by atoms with E-state index in [1.54, 1.807) is 0 Å². The summed E-state index contributed by atoms with van der Waals surface area (Å²) >= 11 is 0. The van der Waals surface area contributed by atoms with Gasteiger partial charge in [-0.3, -0.25) is 0 Å². The summed E-state index contributed by atoms with van der Waals surface area (Å²) in [4.78, 5) is 6.70. The number of nitrogens with two attached hydrogens (primary N) is 1. The minimum absolute atomic E-state index is 0.0703. The van der Waals surface area contributed by atoms with E-state index in [1.807, 2.05) is 6.92 Å². The minimum Gasteiger partial charge on any atom is -0.365 e. The molecule has 0 saturated heterocycles. The molecular formula is C9H12F3N5. The number of anilines is 2. The van der Waals surface area contributed by atoms with E-state index in [9.17, 15) is 13.2 Å². The van der Waals surface area contributed by atoms with E-state index in [0.29, 0.717) is 0 Å². The van der Waals surface area contributed by atoms with E-state index in [-0.39, 0.29) is 17.2 Å². The second-order valence-corrected chi connectivity index (χ2v) is 4.29. The van der Waals surface area contributed by atoms with Crippen LogP contribution in [0.3, 0.4) is 0 Å². The van der Waals surface area contributed by atoms with E-state index in [1.165, 1.54) is 6.07 Å². The number of hydrazine groups is 1. The first kappa shape index (κ1) is 11.9. The summed E-state index contributed by atoms with van der Waals surface area (Å²) in [6.07, 6.45) is -2.78. The first-order valence-electron chi connectivity index (χ1n) is 5.03. The van der Waals surface area contributed by atoms with E-state index in [4.69, 9.17) is 5.84 Å². The second-order valence-electron chi connectivity index (χ2n) is 4.29. The smallest absolute Gasteiger partial charge is 0.365 e. The molecule has 1 saturated carbocycles. The molecule has 1 fully saturated rings.